The fraction of sp³-hybridized carbons (Fsp3) is 0.941. The van der Waals surface area contributed by atoms with Gasteiger partial charge in [-0.15, -0.1) is 24.0 Å². The molecule has 0 radical (unpaired) electrons. The maximum atomic E-state index is 11.5. The van der Waals surface area contributed by atoms with Gasteiger partial charge >= 0.3 is 0 Å². The smallest absolute Gasteiger partial charge is 0.211 e. The molecule has 26 heavy (non-hydrogen) atoms. The van der Waals surface area contributed by atoms with Crippen molar-refractivity contribution in [1.82, 2.24) is 14.9 Å². The third-order valence-corrected chi connectivity index (χ3v) is 5.60. The third kappa shape index (κ3) is 11.6. The molecular formula is C17H37IN4O3S. The van der Waals surface area contributed by atoms with Crippen molar-refractivity contribution in [2.24, 2.45) is 10.9 Å². The van der Waals surface area contributed by atoms with Gasteiger partial charge in [-0.2, -0.15) is 0 Å². The number of nitrogens with zero attached hydrogens (tertiary/aromatic N) is 2. The van der Waals surface area contributed by atoms with E-state index < -0.39 is 10.0 Å². The Morgan fingerprint density at radius 1 is 1.15 bits per heavy atom. The van der Waals surface area contributed by atoms with Gasteiger partial charge in [0.1, 0.15) is 0 Å². The lowest BCUT2D eigenvalue weighted by Gasteiger charge is -2.29. The summed E-state index contributed by atoms with van der Waals surface area (Å²) in [4.78, 5) is 4.66. The Morgan fingerprint density at radius 2 is 1.81 bits per heavy atom. The highest BCUT2D eigenvalue weighted by Gasteiger charge is 2.24. The Bertz CT molecular complexity index is 480. The molecule has 0 aromatic rings. The van der Waals surface area contributed by atoms with Gasteiger partial charge in [0.05, 0.1) is 6.26 Å². The molecular weight excluding hydrogens is 467 g/mol. The third-order valence-electron chi connectivity index (χ3n) is 4.29. The number of ether oxygens (including phenoxy) is 1. The Balaban J connectivity index is 0.00000625. The molecule has 1 rings (SSSR count). The number of aliphatic imine (C=N–C) groups is 1. The first-order valence-corrected chi connectivity index (χ1v) is 11.4. The second kappa shape index (κ2) is 14.9. The van der Waals surface area contributed by atoms with Gasteiger partial charge in [0.15, 0.2) is 5.96 Å². The van der Waals surface area contributed by atoms with Crippen molar-refractivity contribution in [2.75, 3.05) is 52.2 Å². The van der Waals surface area contributed by atoms with Gasteiger partial charge < -0.3 is 15.4 Å². The second-order valence-corrected chi connectivity index (χ2v) is 8.55. The molecule has 0 aromatic heterocycles. The number of rotatable bonds is 11. The van der Waals surface area contributed by atoms with E-state index >= 15 is 0 Å². The number of sulfonamides is 1. The molecule has 0 aromatic carbocycles. The Hall–Kier alpha value is -0.130. The fourth-order valence-corrected chi connectivity index (χ4v) is 3.59. The Kier molecular flexibility index (Phi) is 14.8. The molecule has 7 nitrogen and oxygen atoms in total. The number of hydrogen-bond acceptors (Lipinski definition) is 4. The fourth-order valence-electron chi connectivity index (χ4n) is 2.72. The molecule has 0 bridgehead atoms. The minimum atomic E-state index is -3.05. The summed E-state index contributed by atoms with van der Waals surface area (Å²) < 4.78 is 30.2. The van der Waals surface area contributed by atoms with Crippen LogP contribution in [0.5, 0.6) is 0 Å². The zero-order valence-corrected chi connectivity index (χ0v) is 19.6. The second-order valence-electron chi connectivity index (χ2n) is 6.57. The van der Waals surface area contributed by atoms with Crippen LogP contribution < -0.4 is 10.6 Å². The Morgan fingerprint density at radius 3 is 2.38 bits per heavy atom. The van der Waals surface area contributed by atoms with Crippen molar-refractivity contribution in [3.8, 4) is 0 Å². The van der Waals surface area contributed by atoms with Crippen molar-refractivity contribution in [1.29, 1.82) is 0 Å². The number of piperidine rings is 1. The van der Waals surface area contributed by atoms with Crippen molar-refractivity contribution in [2.45, 2.75) is 46.0 Å². The lowest BCUT2D eigenvalue weighted by atomic mass is 9.98. The molecule has 1 saturated heterocycles. The van der Waals surface area contributed by atoms with Crippen LogP contribution in [0, 0.1) is 5.92 Å². The van der Waals surface area contributed by atoms with E-state index in [1.807, 2.05) is 0 Å². The van der Waals surface area contributed by atoms with Crippen LogP contribution >= 0.6 is 24.0 Å². The molecule has 0 unspecified atom stereocenters. The van der Waals surface area contributed by atoms with E-state index in [-0.39, 0.29) is 24.0 Å². The summed E-state index contributed by atoms with van der Waals surface area (Å²) in [5, 5.41) is 6.59. The zero-order valence-electron chi connectivity index (χ0n) is 16.5. The van der Waals surface area contributed by atoms with Gasteiger partial charge in [-0.25, -0.2) is 12.7 Å². The highest BCUT2D eigenvalue weighted by molar-refractivity contribution is 14.0. The van der Waals surface area contributed by atoms with Gasteiger partial charge in [0.25, 0.3) is 0 Å². The molecule has 0 aliphatic carbocycles. The minimum Gasteiger partial charge on any atom is -0.381 e. The lowest BCUT2D eigenvalue weighted by molar-refractivity contribution is 0.129. The van der Waals surface area contributed by atoms with Crippen molar-refractivity contribution >= 4 is 40.0 Å². The first kappa shape index (κ1) is 25.9. The quantitative estimate of drug-likeness (QED) is 0.195. The van der Waals surface area contributed by atoms with Crippen LogP contribution in [-0.2, 0) is 14.8 Å². The van der Waals surface area contributed by atoms with E-state index in [0.29, 0.717) is 19.0 Å². The van der Waals surface area contributed by atoms with E-state index in [1.165, 1.54) is 12.7 Å². The van der Waals surface area contributed by atoms with Crippen LogP contribution in [0.2, 0.25) is 0 Å². The normalized spacial score (nSPS) is 17.0. The highest BCUT2D eigenvalue weighted by atomic mass is 127. The van der Waals surface area contributed by atoms with Crippen molar-refractivity contribution in [3.05, 3.63) is 0 Å². The number of guanidine groups is 1. The maximum absolute atomic E-state index is 11.5. The molecule has 0 amide bonds. The molecule has 1 aliphatic rings. The van der Waals surface area contributed by atoms with Crippen LogP contribution in [0.4, 0.5) is 0 Å². The van der Waals surface area contributed by atoms with Gasteiger partial charge in [-0.05, 0) is 38.5 Å². The molecule has 0 atom stereocenters. The van der Waals surface area contributed by atoms with Crippen molar-refractivity contribution < 1.29 is 13.2 Å². The summed E-state index contributed by atoms with van der Waals surface area (Å²) in [5.74, 6) is 1.28. The van der Waals surface area contributed by atoms with E-state index in [2.05, 4.69) is 29.5 Å². The topological polar surface area (TPSA) is 83.0 Å². The summed E-state index contributed by atoms with van der Waals surface area (Å²) in [6.45, 7) is 9.45. The lowest BCUT2D eigenvalue weighted by Crippen LogP contribution is -2.40. The van der Waals surface area contributed by atoms with Gasteiger partial charge in [-0.1, -0.05) is 13.3 Å². The summed E-state index contributed by atoms with van der Waals surface area (Å²) in [6.07, 6.45) is 6.28. The highest BCUT2D eigenvalue weighted by Crippen LogP contribution is 2.19. The molecule has 2 N–H and O–H groups in total. The average Bonchev–Trinajstić information content (AvgIpc) is 2.58. The predicted molar refractivity (Wildman–Crippen MR) is 119 cm³/mol. The van der Waals surface area contributed by atoms with Crippen LogP contribution in [0.3, 0.4) is 0 Å². The van der Waals surface area contributed by atoms with Gasteiger partial charge in [0.2, 0.25) is 10.0 Å². The summed E-state index contributed by atoms with van der Waals surface area (Å²) in [6, 6.07) is 0. The molecule has 1 fully saturated rings. The van der Waals surface area contributed by atoms with Crippen molar-refractivity contribution in [3.63, 3.8) is 0 Å². The molecule has 9 heteroatoms. The summed E-state index contributed by atoms with van der Waals surface area (Å²) in [5.41, 5.74) is 0. The zero-order chi connectivity index (χ0) is 18.5. The van der Waals surface area contributed by atoms with E-state index in [4.69, 9.17) is 4.74 Å². The van der Waals surface area contributed by atoms with E-state index in [9.17, 15) is 8.42 Å². The first-order chi connectivity index (χ1) is 12.0. The number of halogens is 1. The number of unbranched alkanes of at least 4 members (excludes halogenated alkanes) is 1. The average molecular weight is 504 g/mol. The summed E-state index contributed by atoms with van der Waals surface area (Å²) >= 11 is 0. The van der Waals surface area contributed by atoms with Crippen LogP contribution in [0.15, 0.2) is 4.99 Å². The molecule has 156 valence electrons. The van der Waals surface area contributed by atoms with Crippen LogP contribution in [0.25, 0.3) is 0 Å². The first-order valence-electron chi connectivity index (χ1n) is 9.52. The van der Waals surface area contributed by atoms with Gasteiger partial charge in [0, 0.05) is 45.9 Å². The maximum Gasteiger partial charge on any atom is 0.211 e. The number of hydrogen-bond donors (Lipinski definition) is 2. The largest absolute Gasteiger partial charge is 0.381 e. The predicted octanol–water partition coefficient (Wildman–Crippen LogP) is 2.04. The van der Waals surface area contributed by atoms with E-state index in [1.54, 1.807) is 4.31 Å². The molecule has 1 heterocycles. The summed E-state index contributed by atoms with van der Waals surface area (Å²) in [7, 11) is -3.05. The monoisotopic (exact) mass is 504 g/mol. The number of nitrogens with one attached hydrogen (secondary N) is 2. The van der Waals surface area contributed by atoms with E-state index in [0.717, 1.165) is 64.5 Å². The standard InChI is InChI=1S/C17H36N4O3S.HI/c1-4-6-13-24-14-7-10-19-17(18-5-2)20-15-16-8-11-21(12-9-16)25(3,22)23;/h16H,4-15H2,1-3H3,(H2,18,19,20);1H. The minimum absolute atomic E-state index is 0. The molecule has 0 spiro atoms. The van der Waals surface area contributed by atoms with Crippen LogP contribution in [0.1, 0.15) is 46.0 Å². The van der Waals surface area contributed by atoms with Crippen LogP contribution in [-0.4, -0.2) is 70.9 Å². The Labute approximate surface area is 176 Å². The molecule has 0 saturated carbocycles. The molecule has 1 aliphatic heterocycles. The SMILES string of the molecule is CCCCOCCCNC(=NCC1CCN(S(C)(=O)=O)CC1)NCC.I. The van der Waals surface area contributed by atoms with Gasteiger partial charge in [-0.3, -0.25) is 4.99 Å².